The maximum absolute atomic E-state index is 12.4. The summed E-state index contributed by atoms with van der Waals surface area (Å²) in [6, 6.07) is 8.16. The SMILES string of the molecule is CCc1ccc(C(=O)N(C)c2ccc(N)cc2C(=O)O)s1. The molecule has 0 saturated heterocycles. The third-order valence-electron chi connectivity index (χ3n) is 3.14. The highest BCUT2D eigenvalue weighted by molar-refractivity contribution is 7.14. The first kappa shape index (κ1) is 15.1. The van der Waals surface area contributed by atoms with E-state index in [1.54, 1.807) is 25.2 Å². The predicted octanol–water partition coefficient (Wildman–Crippen LogP) is 2.87. The van der Waals surface area contributed by atoms with Crippen LogP contribution in [0.1, 0.15) is 31.8 Å². The number of nitrogens with zero attached hydrogens (tertiary/aromatic N) is 1. The van der Waals surface area contributed by atoms with Crippen LogP contribution in [0.2, 0.25) is 0 Å². The number of carboxylic acid groups (broad SMARTS) is 1. The van der Waals surface area contributed by atoms with Gasteiger partial charge < -0.3 is 15.7 Å². The Morgan fingerprint density at radius 1 is 1.29 bits per heavy atom. The number of nitrogen functional groups attached to an aromatic ring is 1. The van der Waals surface area contributed by atoms with Crippen LogP contribution in [0.3, 0.4) is 0 Å². The molecule has 0 aliphatic heterocycles. The fourth-order valence-corrected chi connectivity index (χ4v) is 2.90. The molecule has 1 aromatic carbocycles. The van der Waals surface area contributed by atoms with Gasteiger partial charge in [-0.05, 0) is 36.8 Å². The summed E-state index contributed by atoms with van der Waals surface area (Å²) < 4.78 is 0. The van der Waals surface area contributed by atoms with E-state index >= 15 is 0 Å². The fourth-order valence-electron chi connectivity index (χ4n) is 1.97. The van der Waals surface area contributed by atoms with Crippen molar-refractivity contribution in [1.82, 2.24) is 0 Å². The first-order valence-electron chi connectivity index (χ1n) is 6.43. The van der Waals surface area contributed by atoms with Crippen molar-refractivity contribution in [3.8, 4) is 0 Å². The van der Waals surface area contributed by atoms with Gasteiger partial charge in [0.25, 0.3) is 5.91 Å². The number of thiophene rings is 1. The molecule has 0 fully saturated rings. The summed E-state index contributed by atoms with van der Waals surface area (Å²) in [7, 11) is 1.56. The standard InChI is InChI=1S/C15H16N2O3S/c1-3-10-5-7-13(21-10)14(18)17(2)12-6-4-9(16)8-11(12)15(19)20/h4-8H,3,16H2,1-2H3,(H,19,20). The smallest absolute Gasteiger partial charge is 0.337 e. The number of aryl methyl sites for hydroxylation is 1. The van der Waals surface area contributed by atoms with Gasteiger partial charge in [-0.15, -0.1) is 11.3 Å². The van der Waals surface area contributed by atoms with E-state index in [1.807, 2.05) is 13.0 Å². The molecule has 1 amide bonds. The second-order valence-corrected chi connectivity index (χ2v) is 5.73. The lowest BCUT2D eigenvalue weighted by Gasteiger charge is -2.19. The minimum Gasteiger partial charge on any atom is -0.478 e. The zero-order valence-electron chi connectivity index (χ0n) is 11.8. The summed E-state index contributed by atoms with van der Waals surface area (Å²) in [5.41, 5.74) is 6.30. The lowest BCUT2D eigenvalue weighted by molar-refractivity contribution is 0.0698. The number of rotatable bonds is 4. The zero-order valence-corrected chi connectivity index (χ0v) is 12.6. The van der Waals surface area contributed by atoms with Crippen LogP contribution in [0.25, 0.3) is 0 Å². The highest BCUT2D eigenvalue weighted by Crippen LogP contribution is 2.26. The molecule has 0 aliphatic carbocycles. The van der Waals surface area contributed by atoms with E-state index in [-0.39, 0.29) is 11.5 Å². The van der Waals surface area contributed by atoms with Gasteiger partial charge in [-0.1, -0.05) is 6.92 Å². The first-order valence-corrected chi connectivity index (χ1v) is 7.25. The Bertz CT molecular complexity index is 694. The summed E-state index contributed by atoms with van der Waals surface area (Å²) in [6.07, 6.45) is 0.865. The maximum atomic E-state index is 12.4. The van der Waals surface area contributed by atoms with Crippen LogP contribution in [0.4, 0.5) is 11.4 Å². The van der Waals surface area contributed by atoms with Gasteiger partial charge in [0.2, 0.25) is 0 Å². The molecule has 0 saturated carbocycles. The summed E-state index contributed by atoms with van der Waals surface area (Å²) in [5, 5.41) is 9.24. The van der Waals surface area contributed by atoms with E-state index in [4.69, 9.17) is 5.73 Å². The third-order valence-corrected chi connectivity index (χ3v) is 4.36. The zero-order chi connectivity index (χ0) is 15.6. The number of amides is 1. The van der Waals surface area contributed by atoms with Gasteiger partial charge in [0.15, 0.2) is 0 Å². The Hall–Kier alpha value is -2.34. The Morgan fingerprint density at radius 3 is 2.57 bits per heavy atom. The Kier molecular flexibility index (Phi) is 4.28. The molecular weight excluding hydrogens is 288 g/mol. The van der Waals surface area contributed by atoms with Crippen LogP contribution in [-0.2, 0) is 6.42 Å². The monoisotopic (exact) mass is 304 g/mol. The van der Waals surface area contributed by atoms with E-state index in [9.17, 15) is 14.7 Å². The number of hydrogen-bond donors (Lipinski definition) is 2. The molecule has 1 aromatic heterocycles. The van der Waals surface area contributed by atoms with Crippen molar-refractivity contribution in [2.75, 3.05) is 17.7 Å². The normalized spacial score (nSPS) is 10.4. The Balaban J connectivity index is 2.37. The van der Waals surface area contributed by atoms with Gasteiger partial charge in [0.05, 0.1) is 16.1 Å². The van der Waals surface area contributed by atoms with Gasteiger partial charge >= 0.3 is 5.97 Å². The van der Waals surface area contributed by atoms with E-state index in [0.29, 0.717) is 16.3 Å². The molecule has 3 N–H and O–H groups in total. The summed E-state index contributed by atoms with van der Waals surface area (Å²) in [5.74, 6) is -1.34. The molecule has 1 heterocycles. The number of carbonyl (C=O) groups is 2. The van der Waals surface area contributed by atoms with Crippen LogP contribution in [0, 0.1) is 0 Å². The van der Waals surface area contributed by atoms with Gasteiger partial charge in [-0.3, -0.25) is 4.79 Å². The van der Waals surface area contributed by atoms with Crippen molar-refractivity contribution in [3.63, 3.8) is 0 Å². The van der Waals surface area contributed by atoms with Gasteiger partial charge in [0.1, 0.15) is 0 Å². The van der Waals surface area contributed by atoms with Crippen molar-refractivity contribution in [3.05, 3.63) is 45.6 Å². The second kappa shape index (κ2) is 5.97. The average Bonchev–Trinajstić information content (AvgIpc) is 2.94. The second-order valence-electron chi connectivity index (χ2n) is 4.57. The molecule has 21 heavy (non-hydrogen) atoms. The molecule has 5 nitrogen and oxygen atoms in total. The van der Waals surface area contributed by atoms with Crippen molar-refractivity contribution >= 4 is 34.6 Å². The lowest BCUT2D eigenvalue weighted by atomic mass is 10.1. The van der Waals surface area contributed by atoms with E-state index in [1.165, 1.54) is 22.3 Å². The number of benzene rings is 1. The van der Waals surface area contributed by atoms with Crippen LogP contribution in [0.5, 0.6) is 0 Å². The molecule has 2 rings (SSSR count). The number of carboxylic acids is 1. The molecule has 2 aromatic rings. The van der Waals surface area contributed by atoms with Crippen LogP contribution in [-0.4, -0.2) is 24.0 Å². The number of aromatic carboxylic acids is 1. The van der Waals surface area contributed by atoms with E-state index < -0.39 is 5.97 Å². The third kappa shape index (κ3) is 3.05. The van der Waals surface area contributed by atoms with Crippen molar-refractivity contribution < 1.29 is 14.7 Å². The number of hydrogen-bond acceptors (Lipinski definition) is 4. The molecular formula is C15H16N2O3S. The van der Waals surface area contributed by atoms with E-state index in [0.717, 1.165) is 11.3 Å². The number of nitrogens with two attached hydrogens (primary N) is 1. The molecule has 0 atom stereocenters. The van der Waals surface area contributed by atoms with E-state index in [2.05, 4.69) is 0 Å². The number of anilines is 2. The largest absolute Gasteiger partial charge is 0.478 e. The first-order chi connectivity index (χ1) is 9.93. The minimum absolute atomic E-state index is 0.0121. The molecule has 0 aliphatic rings. The number of carbonyl (C=O) groups excluding carboxylic acids is 1. The van der Waals surface area contributed by atoms with Crippen LogP contribution >= 0.6 is 11.3 Å². The maximum Gasteiger partial charge on any atom is 0.337 e. The predicted molar refractivity (Wildman–Crippen MR) is 84.2 cm³/mol. The summed E-state index contributed by atoms with van der Waals surface area (Å²) >= 11 is 1.42. The molecule has 0 unspecified atom stereocenters. The van der Waals surface area contributed by atoms with Gasteiger partial charge in [0, 0.05) is 17.6 Å². The van der Waals surface area contributed by atoms with Crippen LogP contribution in [0.15, 0.2) is 30.3 Å². The highest BCUT2D eigenvalue weighted by atomic mass is 32.1. The molecule has 6 heteroatoms. The van der Waals surface area contributed by atoms with Crippen molar-refractivity contribution in [2.45, 2.75) is 13.3 Å². The quantitative estimate of drug-likeness (QED) is 0.851. The van der Waals surface area contributed by atoms with Gasteiger partial charge in [-0.2, -0.15) is 0 Å². The van der Waals surface area contributed by atoms with Crippen LogP contribution < -0.4 is 10.6 Å². The summed E-state index contributed by atoms with van der Waals surface area (Å²) in [6.45, 7) is 2.02. The highest BCUT2D eigenvalue weighted by Gasteiger charge is 2.20. The topological polar surface area (TPSA) is 83.6 Å². The van der Waals surface area contributed by atoms with Gasteiger partial charge in [-0.25, -0.2) is 4.79 Å². The lowest BCUT2D eigenvalue weighted by Crippen LogP contribution is -2.27. The molecule has 0 radical (unpaired) electrons. The molecule has 0 spiro atoms. The molecule has 110 valence electrons. The fraction of sp³-hybridized carbons (Fsp3) is 0.200. The summed E-state index contributed by atoms with van der Waals surface area (Å²) in [4.78, 5) is 26.8. The molecule has 0 bridgehead atoms. The minimum atomic E-state index is -1.11. The Morgan fingerprint density at radius 2 is 2.00 bits per heavy atom. The van der Waals surface area contributed by atoms with Crippen molar-refractivity contribution in [1.29, 1.82) is 0 Å². The van der Waals surface area contributed by atoms with Crippen molar-refractivity contribution in [2.24, 2.45) is 0 Å². The average molecular weight is 304 g/mol. The Labute approximate surface area is 126 Å².